The maximum absolute atomic E-state index is 4.34. The summed E-state index contributed by atoms with van der Waals surface area (Å²) in [6.07, 6.45) is 6.24. The zero-order valence-corrected chi connectivity index (χ0v) is 11.2. The van der Waals surface area contributed by atoms with E-state index in [1.807, 2.05) is 12.3 Å². The summed E-state index contributed by atoms with van der Waals surface area (Å²) in [5.41, 5.74) is 1.22. The largest absolute Gasteiger partial charge is 0.306 e. The molecule has 3 rings (SSSR count). The molecule has 1 fully saturated rings. The normalized spacial score (nSPS) is 14.9. The molecule has 0 radical (unpaired) electrons. The van der Waals surface area contributed by atoms with E-state index in [2.05, 4.69) is 32.7 Å². The Hall–Kier alpha value is -1.36. The predicted octanol–water partition coefficient (Wildman–Crippen LogP) is 2.86. The molecule has 0 amide bonds. The highest BCUT2D eigenvalue weighted by atomic mass is 32.2. The minimum Gasteiger partial charge on any atom is -0.306 e. The Morgan fingerprint density at radius 1 is 1.39 bits per heavy atom. The lowest BCUT2D eigenvalue weighted by molar-refractivity contribution is 0.643. The van der Waals surface area contributed by atoms with Crippen molar-refractivity contribution in [3.05, 3.63) is 35.9 Å². The monoisotopic (exact) mass is 260 g/mol. The van der Waals surface area contributed by atoms with Gasteiger partial charge < -0.3 is 4.57 Å². The summed E-state index contributed by atoms with van der Waals surface area (Å²) in [6.45, 7) is 3.11. The molecule has 1 saturated carbocycles. The van der Waals surface area contributed by atoms with Crippen molar-refractivity contribution in [2.75, 3.05) is 0 Å². The van der Waals surface area contributed by atoms with Gasteiger partial charge in [-0.2, -0.15) is 0 Å². The SMILES string of the molecule is CCn1c(SCc2cccnc2)nnc1C1CC1. The van der Waals surface area contributed by atoms with Gasteiger partial charge in [0.15, 0.2) is 5.16 Å². The number of pyridine rings is 1. The molecule has 0 saturated heterocycles. The van der Waals surface area contributed by atoms with Gasteiger partial charge in [0.25, 0.3) is 0 Å². The molecule has 5 heteroatoms. The summed E-state index contributed by atoms with van der Waals surface area (Å²) in [5, 5.41) is 9.69. The number of aromatic nitrogens is 4. The minimum absolute atomic E-state index is 0.658. The van der Waals surface area contributed by atoms with Crippen LogP contribution in [0.4, 0.5) is 0 Å². The summed E-state index contributed by atoms with van der Waals surface area (Å²) in [5.74, 6) is 2.73. The lowest BCUT2D eigenvalue weighted by Gasteiger charge is -2.06. The molecule has 2 heterocycles. The van der Waals surface area contributed by atoms with E-state index in [9.17, 15) is 0 Å². The Balaban J connectivity index is 1.72. The Bertz CT molecular complexity index is 519. The number of hydrogen-bond donors (Lipinski definition) is 0. The second-order valence-electron chi connectivity index (χ2n) is 4.51. The van der Waals surface area contributed by atoms with Crippen LogP contribution in [-0.4, -0.2) is 19.7 Å². The van der Waals surface area contributed by atoms with Crippen LogP contribution in [-0.2, 0) is 12.3 Å². The van der Waals surface area contributed by atoms with Crippen LogP contribution in [0.5, 0.6) is 0 Å². The highest BCUT2D eigenvalue weighted by Crippen LogP contribution is 2.40. The second-order valence-corrected chi connectivity index (χ2v) is 5.45. The number of rotatable bonds is 5. The maximum Gasteiger partial charge on any atom is 0.191 e. The standard InChI is InChI=1S/C13H16N4S/c1-2-17-12(11-5-6-11)15-16-13(17)18-9-10-4-3-7-14-8-10/h3-4,7-8,11H,2,5-6,9H2,1H3. The predicted molar refractivity (Wildman–Crippen MR) is 71.5 cm³/mol. The van der Waals surface area contributed by atoms with Crippen molar-refractivity contribution in [2.24, 2.45) is 0 Å². The van der Waals surface area contributed by atoms with Gasteiger partial charge in [0, 0.05) is 30.6 Å². The van der Waals surface area contributed by atoms with E-state index in [1.54, 1.807) is 18.0 Å². The lowest BCUT2D eigenvalue weighted by Crippen LogP contribution is -2.01. The summed E-state index contributed by atoms with van der Waals surface area (Å²) in [7, 11) is 0. The van der Waals surface area contributed by atoms with Gasteiger partial charge in [0.05, 0.1) is 0 Å². The van der Waals surface area contributed by atoms with Crippen LogP contribution in [0, 0.1) is 0 Å². The van der Waals surface area contributed by atoms with Crippen LogP contribution in [0.25, 0.3) is 0 Å². The molecule has 2 aromatic rings. The summed E-state index contributed by atoms with van der Waals surface area (Å²) >= 11 is 1.74. The van der Waals surface area contributed by atoms with E-state index in [1.165, 1.54) is 24.2 Å². The highest BCUT2D eigenvalue weighted by molar-refractivity contribution is 7.98. The van der Waals surface area contributed by atoms with Crippen LogP contribution in [0.2, 0.25) is 0 Å². The first-order chi connectivity index (χ1) is 8.88. The molecule has 4 nitrogen and oxygen atoms in total. The fourth-order valence-electron chi connectivity index (χ4n) is 1.98. The van der Waals surface area contributed by atoms with E-state index in [0.29, 0.717) is 5.92 Å². The Morgan fingerprint density at radius 2 is 2.28 bits per heavy atom. The van der Waals surface area contributed by atoms with Crippen LogP contribution in [0.15, 0.2) is 29.7 Å². The number of hydrogen-bond acceptors (Lipinski definition) is 4. The average Bonchev–Trinajstić information content (AvgIpc) is 3.18. The first-order valence-electron chi connectivity index (χ1n) is 6.33. The Kier molecular flexibility index (Phi) is 3.32. The van der Waals surface area contributed by atoms with Gasteiger partial charge in [-0.3, -0.25) is 4.98 Å². The molecular weight excluding hydrogens is 244 g/mol. The van der Waals surface area contributed by atoms with E-state index < -0.39 is 0 Å². The quantitative estimate of drug-likeness (QED) is 0.775. The first-order valence-corrected chi connectivity index (χ1v) is 7.32. The third-order valence-corrected chi connectivity index (χ3v) is 4.13. The van der Waals surface area contributed by atoms with E-state index in [4.69, 9.17) is 0 Å². The number of thioether (sulfide) groups is 1. The molecule has 0 spiro atoms. The average molecular weight is 260 g/mol. The highest BCUT2D eigenvalue weighted by Gasteiger charge is 2.29. The Morgan fingerprint density at radius 3 is 2.94 bits per heavy atom. The van der Waals surface area contributed by atoms with Crippen molar-refractivity contribution in [3.8, 4) is 0 Å². The van der Waals surface area contributed by atoms with Crippen LogP contribution >= 0.6 is 11.8 Å². The third-order valence-electron chi connectivity index (χ3n) is 3.09. The maximum atomic E-state index is 4.34. The fraction of sp³-hybridized carbons (Fsp3) is 0.462. The van der Waals surface area contributed by atoms with Crippen molar-refractivity contribution in [1.29, 1.82) is 0 Å². The minimum atomic E-state index is 0.658. The van der Waals surface area contributed by atoms with Crippen molar-refractivity contribution < 1.29 is 0 Å². The molecule has 0 bridgehead atoms. The molecule has 0 aliphatic heterocycles. The van der Waals surface area contributed by atoms with Gasteiger partial charge >= 0.3 is 0 Å². The summed E-state index contributed by atoms with van der Waals surface area (Å²) in [6, 6.07) is 4.06. The summed E-state index contributed by atoms with van der Waals surface area (Å²) in [4.78, 5) is 4.13. The van der Waals surface area contributed by atoms with Gasteiger partial charge in [-0.1, -0.05) is 17.8 Å². The van der Waals surface area contributed by atoms with Crippen molar-refractivity contribution in [1.82, 2.24) is 19.7 Å². The Labute approximate surface area is 111 Å². The topological polar surface area (TPSA) is 43.6 Å². The van der Waals surface area contributed by atoms with Crippen molar-refractivity contribution in [2.45, 2.75) is 43.1 Å². The van der Waals surface area contributed by atoms with E-state index in [-0.39, 0.29) is 0 Å². The summed E-state index contributed by atoms with van der Waals surface area (Å²) < 4.78 is 2.25. The van der Waals surface area contributed by atoms with Gasteiger partial charge in [-0.05, 0) is 31.4 Å². The first kappa shape index (κ1) is 11.7. The van der Waals surface area contributed by atoms with Gasteiger partial charge in [-0.15, -0.1) is 10.2 Å². The zero-order valence-electron chi connectivity index (χ0n) is 10.4. The number of nitrogens with zero attached hydrogens (tertiary/aromatic N) is 4. The smallest absolute Gasteiger partial charge is 0.191 e. The van der Waals surface area contributed by atoms with Gasteiger partial charge in [0.2, 0.25) is 0 Å². The lowest BCUT2D eigenvalue weighted by atomic mass is 10.3. The van der Waals surface area contributed by atoms with Crippen LogP contribution < -0.4 is 0 Å². The third kappa shape index (κ3) is 2.41. The molecular formula is C13H16N4S. The second kappa shape index (κ2) is 5.10. The fourth-order valence-corrected chi connectivity index (χ4v) is 2.92. The molecule has 1 aliphatic carbocycles. The molecule has 0 aromatic carbocycles. The van der Waals surface area contributed by atoms with Gasteiger partial charge in [-0.25, -0.2) is 0 Å². The van der Waals surface area contributed by atoms with Crippen LogP contribution in [0.1, 0.15) is 37.1 Å². The van der Waals surface area contributed by atoms with Crippen molar-refractivity contribution in [3.63, 3.8) is 0 Å². The van der Waals surface area contributed by atoms with E-state index in [0.717, 1.165) is 17.5 Å². The molecule has 1 aliphatic rings. The van der Waals surface area contributed by atoms with Crippen LogP contribution in [0.3, 0.4) is 0 Å². The molecule has 0 N–H and O–H groups in total. The molecule has 94 valence electrons. The van der Waals surface area contributed by atoms with Crippen molar-refractivity contribution >= 4 is 11.8 Å². The van der Waals surface area contributed by atoms with Gasteiger partial charge in [0.1, 0.15) is 5.82 Å². The molecule has 0 unspecified atom stereocenters. The molecule has 18 heavy (non-hydrogen) atoms. The van der Waals surface area contributed by atoms with E-state index >= 15 is 0 Å². The zero-order chi connectivity index (χ0) is 12.4. The molecule has 2 aromatic heterocycles. The molecule has 0 atom stereocenters.